The maximum absolute atomic E-state index is 11.8. The Morgan fingerprint density at radius 1 is 1.44 bits per heavy atom. The van der Waals surface area contributed by atoms with Crippen LogP contribution in [0.3, 0.4) is 0 Å². The van der Waals surface area contributed by atoms with Crippen molar-refractivity contribution < 1.29 is 14.3 Å². The molecule has 1 atom stereocenters. The zero-order chi connectivity index (χ0) is 13.4. The highest BCUT2D eigenvalue weighted by molar-refractivity contribution is 5.80. The largest absolute Gasteiger partial charge is 0.465 e. The van der Waals surface area contributed by atoms with E-state index in [-0.39, 0.29) is 36.9 Å². The Labute approximate surface area is 108 Å². The molecule has 0 radical (unpaired) electrons. The van der Waals surface area contributed by atoms with Gasteiger partial charge in [0.25, 0.3) is 0 Å². The molecule has 0 aromatic rings. The fourth-order valence-corrected chi connectivity index (χ4v) is 2.13. The molecule has 0 aromatic carbocycles. The van der Waals surface area contributed by atoms with Gasteiger partial charge in [-0.1, -0.05) is 12.8 Å². The van der Waals surface area contributed by atoms with Gasteiger partial charge in [-0.25, -0.2) is 0 Å². The molecular weight excluding hydrogens is 230 g/mol. The summed E-state index contributed by atoms with van der Waals surface area (Å²) in [5, 5.41) is 2.86. The van der Waals surface area contributed by atoms with Crippen LogP contribution in [-0.2, 0) is 14.3 Å². The van der Waals surface area contributed by atoms with Crippen LogP contribution in [0, 0.1) is 18.3 Å². The number of hydrogen-bond acceptors (Lipinski definition) is 3. The van der Waals surface area contributed by atoms with E-state index >= 15 is 0 Å². The van der Waals surface area contributed by atoms with Crippen LogP contribution >= 0.6 is 0 Å². The Morgan fingerprint density at radius 3 is 2.72 bits per heavy atom. The summed E-state index contributed by atoms with van der Waals surface area (Å²) in [6, 6.07) is -0.184. The van der Waals surface area contributed by atoms with E-state index in [1.165, 1.54) is 0 Å². The molecule has 1 amide bonds. The first-order valence-corrected chi connectivity index (χ1v) is 6.53. The Morgan fingerprint density at radius 2 is 2.11 bits per heavy atom. The van der Waals surface area contributed by atoms with Gasteiger partial charge in [-0.2, -0.15) is 0 Å². The van der Waals surface area contributed by atoms with E-state index in [0.717, 1.165) is 25.7 Å². The van der Waals surface area contributed by atoms with Crippen LogP contribution in [0.1, 0.15) is 45.4 Å². The molecule has 1 aliphatic carbocycles. The first-order valence-electron chi connectivity index (χ1n) is 6.53. The minimum Gasteiger partial charge on any atom is -0.465 e. The van der Waals surface area contributed by atoms with Gasteiger partial charge in [-0.15, -0.1) is 12.3 Å². The fourth-order valence-electron chi connectivity index (χ4n) is 2.13. The first kappa shape index (κ1) is 14.6. The van der Waals surface area contributed by atoms with Crippen LogP contribution in [0.2, 0.25) is 0 Å². The van der Waals surface area contributed by atoms with Gasteiger partial charge in [0.1, 0.15) is 6.61 Å². The summed E-state index contributed by atoms with van der Waals surface area (Å²) in [6.07, 6.45) is 9.85. The SMILES string of the molecule is C#CCCOC(=O)C[C@@H](C)NC(=O)C1CCCC1. The number of carbonyl (C=O) groups is 2. The molecule has 0 bridgehead atoms. The van der Waals surface area contributed by atoms with Crippen LogP contribution in [-0.4, -0.2) is 24.5 Å². The molecule has 100 valence electrons. The van der Waals surface area contributed by atoms with E-state index in [1.807, 2.05) is 6.92 Å². The number of rotatable bonds is 6. The van der Waals surface area contributed by atoms with Crippen molar-refractivity contribution in [1.82, 2.24) is 5.32 Å². The third-order valence-corrected chi connectivity index (χ3v) is 3.10. The van der Waals surface area contributed by atoms with Crippen molar-refractivity contribution in [3.63, 3.8) is 0 Å². The minimum absolute atomic E-state index is 0.0661. The summed E-state index contributed by atoms with van der Waals surface area (Å²) >= 11 is 0. The predicted molar refractivity (Wildman–Crippen MR) is 68.6 cm³/mol. The van der Waals surface area contributed by atoms with E-state index in [2.05, 4.69) is 11.2 Å². The molecule has 0 unspecified atom stereocenters. The van der Waals surface area contributed by atoms with Gasteiger partial charge in [0.05, 0.1) is 6.42 Å². The molecule has 0 saturated heterocycles. The quantitative estimate of drug-likeness (QED) is 0.443. The highest BCUT2D eigenvalue weighted by Gasteiger charge is 2.24. The average Bonchev–Trinajstić information content (AvgIpc) is 2.82. The average molecular weight is 251 g/mol. The highest BCUT2D eigenvalue weighted by Crippen LogP contribution is 2.24. The Kier molecular flexibility index (Phi) is 6.27. The molecule has 1 saturated carbocycles. The van der Waals surface area contributed by atoms with E-state index in [0.29, 0.717) is 6.42 Å². The summed E-state index contributed by atoms with van der Waals surface area (Å²) in [7, 11) is 0. The van der Waals surface area contributed by atoms with Crippen molar-refractivity contribution in [3.8, 4) is 12.3 Å². The molecule has 0 aliphatic heterocycles. The molecule has 0 spiro atoms. The Bertz CT molecular complexity index is 326. The maximum atomic E-state index is 11.8. The number of hydrogen-bond donors (Lipinski definition) is 1. The zero-order valence-corrected chi connectivity index (χ0v) is 10.9. The standard InChI is InChI=1S/C14H21NO3/c1-3-4-9-18-13(16)10-11(2)15-14(17)12-7-5-6-8-12/h1,11-12H,4-10H2,2H3,(H,15,17)/t11-/m1/s1. The van der Waals surface area contributed by atoms with E-state index < -0.39 is 0 Å². The summed E-state index contributed by atoms with van der Waals surface area (Å²) in [6.45, 7) is 2.06. The van der Waals surface area contributed by atoms with Gasteiger partial charge in [0.2, 0.25) is 5.91 Å². The monoisotopic (exact) mass is 251 g/mol. The second-order valence-electron chi connectivity index (χ2n) is 4.77. The highest BCUT2D eigenvalue weighted by atomic mass is 16.5. The molecule has 0 heterocycles. The number of carbonyl (C=O) groups excluding carboxylic acids is 2. The second kappa shape index (κ2) is 7.75. The van der Waals surface area contributed by atoms with Gasteiger partial charge >= 0.3 is 5.97 Å². The maximum Gasteiger partial charge on any atom is 0.307 e. The van der Waals surface area contributed by atoms with Crippen LogP contribution < -0.4 is 5.32 Å². The Hall–Kier alpha value is -1.50. The number of esters is 1. The zero-order valence-electron chi connectivity index (χ0n) is 10.9. The molecule has 4 heteroatoms. The number of ether oxygens (including phenoxy) is 1. The molecule has 0 aromatic heterocycles. The lowest BCUT2D eigenvalue weighted by Crippen LogP contribution is -2.38. The fraction of sp³-hybridized carbons (Fsp3) is 0.714. The lowest BCUT2D eigenvalue weighted by molar-refractivity contribution is -0.144. The lowest BCUT2D eigenvalue weighted by Gasteiger charge is -2.16. The lowest BCUT2D eigenvalue weighted by atomic mass is 10.1. The summed E-state index contributed by atoms with van der Waals surface area (Å²) < 4.78 is 4.93. The normalized spacial score (nSPS) is 16.9. The molecule has 4 nitrogen and oxygen atoms in total. The van der Waals surface area contributed by atoms with E-state index in [4.69, 9.17) is 11.2 Å². The van der Waals surface area contributed by atoms with Crippen LogP contribution in [0.25, 0.3) is 0 Å². The molecule has 1 N–H and O–H groups in total. The molecular formula is C14H21NO3. The van der Waals surface area contributed by atoms with Gasteiger partial charge in [0, 0.05) is 18.4 Å². The summed E-state index contributed by atoms with van der Waals surface area (Å²) in [5.41, 5.74) is 0. The van der Waals surface area contributed by atoms with E-state index in [9.17, 15) is 9.59 Å². The predicted octanol–water partition coefficient (Wildman–Crippen LogP) is 1.64. The molecule has 1 fully saturated rings. The van der Waals surface area contributed by atoms with Crippen LogP contribution in [0.15, 0.2) is 0 Å². The summed E-state index contributed by atoms with van der Waals surface area (Å²) in [4.78, 5) is 23.2. The summed E-state index contributed by atoms with van der Waals surface area (Å²) in [5.74, 6) is 2.28. The van der Waals surface area contributed by atoms with Gasteiger partial charge < -0.3 is 10.1 Å². The third-order valence-electron chi connectivity index (χ3n) is 3.10. The van der Waals surface area contributed by atoms with Crippen molar-refractivity contribution in [2.24, 2.45) is 5.92 Å². The van der Waals surface area contributed by atoms with Gasteiger partial charge in [-0.05, 0) is 19.8 Å². The minimum atomic E-state index is -0.315. The molecule has 18 heavy (non-hydrogen) atoms. The second-order valence-corrected chi connectivity index (χ2v) is 4.77. The number of terminal acetylenes is 1. The van der Waals surface area contributed by atoms with Crippen molar-refractivity contribution >= 4 is 11.9 Å². The van der Waals surface area contributed by atoms with Crippen molar-refractivity contribution in [2.45, 2.75) is 51.5 Å². The van der Waals surface area contributed by atoms with Crippen LogP contribution in [0.4, 0.5) is 0 Å². The van der Waals surface area contributed by atoms with E-state index in [1.54, 1.807) is 0 Å². The van der Waals surface area contributed by atoms with Crippen molar-refractivity contribution in [2.75, 3.05) is 6.61 Å². The van der Waals surface area contributed by atoms with Crippen LogP contribution in [0.5, 0.6) is 0 Å². The van der Waals surface area contributed by atoms with Crippen molar-refractivity contribution in [1.29, 1.82) is 0 Å². The topological polar surface area (TPSA) is 55.4 Å². The third kappa shape index (κ3) is 5.22. The molecule has 1 aliphatic rings. The van der Waals surface area contributed by atoms with Gasteiger partial charge in [0.15, 0.2) is 0 Å². The Balaban J connectivity index is 2.19. The first-order chi connectivity index (χ1) is 8.63. The van der Waals surface area contributed by atoms with Crippen molar-refractivity contribution in [3.05, 3.63) is 0 Å². The smallest absolute Gasteiger partial charge is 0.307 e. The molecule has 1 rings (SSSR count). The number of amides is 1. The number of nitrogens with one attached hydrogen (secondary N) is 1. The van der Waals surface area contributed by atoms with Gasteiger partial charge in [-0.3, -0.25) is 9.59 Å².